The molecule has 0 atom stereocenters. The van der Waals surface area contributed by atoms with Crippen LogP contribution in [-0.2, 0) is 14.8 Å². The van der Waals surface area contributed by atoms with E-state index in [0.29, 0.717) is 6.54 Å². The summed E-state index contributed by atoms with van der Waals surface area (Å²) in [6.07, 6.45) is 0. The second-order valence-electron chi connectivity index (χ2n) is 3.96. The van der Waals surface area contributed by atoms with Gasteiger partial charge in [-0.05, 0) is 20.4 Å². The maximum atomic E-state index is 11.5. The van der Waals surface area contributed by atoms with Crippen LogP contribution >= 0.6 is 0 Å². The van der Waals surface area contributed by atoms with Crippen LogP contribution in [0.4, 0.5) is 0 Å². The fourth-order valence-electron chi connectivity index (χ4n) is 0.811. The van der Waals surface area contributed by atoms with Gasteiger partial charge in [-0.25, -0.2) is 13.1 Å². The average Bonchev–Trinajstić information content (AvgIpc) is 2.16. The molecule has 0 aliphatic rings. The Labute approximate surface area is 92.6 Å². The molecule has 0 aromatic heterocycles. The standard InChI is InChI=1S/C9H22N2O3S/c1-5-10-6-7-15(12,13)11-8-9(2,3)14-4/h10-11H,5-8H2,1-4H3. The zero-order valence-corrected chi connectivity index (χ0v) is 10.8. The second kappa shape index (κ2) is 6.42. The molecule has 0 aliphatic heterocycles. The van der Waals surface area contributed by atoms with Crippen molar-refractivity contribution in [1.82, 2.24) is 10.0 Å². The van der Waals surface area contributed by atoms with Crippen LogP contribution in [0, 0.1) is 0 Å². The summed E-state index contributed by atoms with van der Waals surface area (Å²) in [4.78, 5) is 0. The molecule has 0 saturated heterocycles. The van der Waals surface area contributed by atoms with Crippen LogP contribution in [0.5, 0.6) is 0 Å². The third kappa shape index (κ3) is 7.72. The first kappa shape index (κ1) is 14.8. The van der Waals surface area contributed by atoms with Crippen molar-refractivity contribution in [2.45, 2.75) is 26.4 Å². The van der Waals surface area contributed by atoms with E-state index in [2.05, 4.69) is 10.0 Å². The highest BCUT2D eigenvalue weighted by Crippen LogP contribution is 2.05. The van der Waals surface area contributed by atoms with Crippen LogP contribution in [0.2, 0.25) is 0 Å². The summed E-state index contributed by atoms with van der Waals surface area (Å²) in [7, 11) is -1.63. The summed E-state index contributed by atoms with van der Waals surface area (Å²) in [5.41, 5.74) is -0.467. The molecule has 0 aliphatic carbocycles. The van der Waals surface area contributed by atoms with E-state index in [1.165, 1.54) is 0 Å². The first-order valence-electron chi connectivity index (χ1n) is 5.06. The molecular weight excluding hydrogens is 216 g/mol. The maximum absolute atomic E-state index is 11.5. The van der Waals surface area contributed by atoms with Gasteiger partial charge in [0.1, 0.15) is 0 Å². The summed E-state index contributed by atoms with van der Waals surface area (Å²) in [5, 5.41) is 2.97. The molecule has 0 aromatic rings. The molecule has 5 nitrogen and oxygen atoms in total. The lowest BCUT2D eigenvalue weighted by Gasteiger charge is -2.23. The molecule has 92 valence electrons. The second-order valence-corrected chi connectivity index (χ2v) is 5.88. The summed E-state index contributed by atoms with van der Waals surface area (Å²) in [6.45, 7) is 7.14. The molecule has 0 saturated carbocycles. The molecule has 0 heterocycles. The van der Waals surface area contributed by atoms with Gasteiger partial charge in [0.25, 0.3) is 0 Å². The molecule has 0 rings (SSSR count). The number of ether oxygens (including phenoxy) is 1. The van der Waals surface area contributed by atoms with Crippen molar-refractivity contribution in [3.63, 3.8) is 0 Å². The van der Waals surface area contributed by atoms with Gasteiger partial charge in [0.05, 0.1) is 11.4 Å². The van der Waals surface area contributed by atoms with E-state index < -0.39 is 15.6 Å². The molecule has 0 unspecified atom stereocenters. The summed E-state index contributed by atoms with van der Waals surface area (Å²) >= 11 is 0. The highest BCUT2D eigenvalue weighted by Gasteiger charge is 2.19. The van der Waals surface area contributed by atoms with Crippen molar-refractivity contribution in [3.8, 4) is 0 Å². The lowest BCUT2D eigenvalue weighted by molar-refractivity contribution is 0.0276. The minimum atomic E-state index is -3.19. The van der Waals surface area contributed by atoms with Gasteiger partial charge in [0, 0.05) is 20.2 Å². The van der Waals surface area contributed by atoms with Gasteiger partial charge in [-0.15, -0.1) is 0 Å². The smallest absolute Gasteiger partial charge is 0.212 e. The van der Waals surface area contributed by atoms with E-state index in [1.54, 1.807) is 7.11 Å². The maximum Gasteiger partial charge on any atom is 0.212 e. The van der Waals surface area contributed by atoms with Crippen LogP contribution in [0.25, 0.3) is 0 Å². The Morgan fingerprint density at radius 3 is 2.40 bits per heavy atom. The minimum absolute atomic E-state index is 0.0979. The Morgan fingerprint density at radius 2 is 1.93 bits per heavy atom. The van der Waals surface area contributed by atoms with Crippen LogP contribution in [0.3, 0.4) is 0 Å². The van der Waals surface area contributed by atoms with Gasteiger partial charge in [0.2, 0.25) is 10.0 Å². The Balaban J connectivity index is 3.94. The van der Waals surface area contributed by atoms with Crippen LogP contribution in [0.1, 0.15) is 20.8 Å². The lowest BCUT2D eigenvalue weighted by atomic mass is 10.1. The Bertz CT molecular complexity index is 263. The number of rotatable bonds is 8. The van der Waals surface area contributed by atoms with Crippen molar-refractivity contribution in [3.05, 3.63) is 0 Å². The Morgan fingerprint density at radius 1 is 1.33 bits per heavy atom. The zero-order valence-electron chi connectivity index (χ0n) is 9.96. The number of hydrogen-bond donors (Lipinski definition) is 2. The fraction of sp³-hybridized carbons (Fsp3) is 1.00. The van der Waals surface area contributed by atoms with Crippen molar-refractivity contribution in [2.24, 2.45) is 0 Å². The van der Waals surface area contributed by atoms with Crippen LogP contribution in [-0.4, -0.2) is 46.5 Å². The van der Waals surface area contributed by atoms with Gasteiger partial charge in [-0.2, -0.15) is 0 Å². The number of hydrogen-bond acceptors (Lipinski definition) is 4. The quantitative estimate of drug-likeness (QED) is 0.581. The van der Waals surface area contributed by atoms with E-state index >= 15 is 0 Å². The van der Waals surface area contributed by atoms with Crippen LogP contribution in [0.15, 0.2) is 0 Å². The predicted octanol–water partition coefficient (Wildman–Crippen LogP) is -0.0597. The molecule has 0 aromatic carbocycles. The fourth-order valence-corrected chi connectivity index (χ4v) is 1.94. The third-order valence-electron chi connectivity index (χ3n) is 2.07. The van der Waals surface area contributed by atoms with E-state index in [-0.39, 0.29) is 12.3 Å². The van der Waals surface area contributed by atoms with E-state index in [1.807, 2.05) is 20.8 Å². The first-order valence-corrected chi connectivity index (χ1v) is 6.71. The molecular formula is C9H22N2O3S. The molecule has 15 heavy (non-hydrogen) atoms. The SMILES string of the molecule is CCNCCS(=O)(=O)NCC(C)(C)OC. The van der Waals surface area contributed by atoms with E-state index in [0.717, 1.165) is 6.54 Å². The van der Waals surface area contributed by atoms with Crippen molar-refractivity contribution in [1.29, 1.82) is 0 Å². The Kier molecular flexibility index (Phi) is 6.35. The molecule has 2 N–H and O–H groups in total. The number of methoxy groups -OCH3 is 1. The number of sulfonamides is 1. The van der Waals surface area contributed by atoms with Gasteiger partial charge in [-0.3, -0.25) is 0 Å². The molecule has 0 spiro atoms. The zero-order chi connectivity index (χ0) is 11.9. The van der Waals surface area contributed by atoms with Crippen molar-refractivity contribution >= 4 is 10.0 Å². The predicted molar refractivity (Wildman–Crippen MR) is 61.4 cm³/mol. The molecule has 0 bridgehead atoms. The largest absolute Gasteiger partial charge is 0.377 e. The number of nitrogens with one attached hydrogen (secondary N) is 2. The van der Waals surface area contributed by atoms with E-state index in [9.17, 15) is 8.42 Å². The summed E-state index contributed by atoms with van der Waals surface area (Å²) < 4.78 is 30.6. The van der Waals surface area contributed by atoms with Gasteiger partial charge in [-0.1, -0.05) is 6.92 Å². The van der Waals surface area contributed by atoms with Crippen molar-refractivity contribution < 1.29 is 13.2 Å². The van der Waals surface area contributed by atoms with Crippen molar-refractivity contribution in [2.75, 3.05) is 32.5 Å². The summed E-state index contributed by atoms with van der Waals surface area (Å²) in [6, 6.07) is 0. The minimum Gasteiger partial charge on any atom is -0.377 e. The molecule has 0 amide bonds. The van der Waals surface area contributed by atoms with Gasteiger partial charge < -0.3 is 10.1 Å². The molecule has 0 radical (unpaired) electrons. The van der Waals surface area contributed by atoms with E-state index in [4.69, 9.17) is 4.74 Å². The lowest BCUT2D eigenvalue weighted by Crippen LogP contribution is -2.41. The highest BCUT2D eigenvalue weighted by atomic mass is 32.2. The monoisotopic (exact) mass is 238 g/mol. The topological polar surface area (TPSA) is 67.4 Å². The normalized spacial score (nSPS) is 13.1. The average molecular weight is 238 g/mol. The van der Waals surface area contributed by atoms with Crippen LogP contribution < -0.4 is 10.0 Å². The Hall–Kier alpha value is -0.170. The summed E-state index contributed by atoms with van der Waals surface area (Å²) in [5.74, 6) is 0.0979. The third-order valence-corrected chi connectivity index (χ3v) is 3.39. The molecule has 0 fully saturated rings. The highest BCUT2D eigenvalue weighted by molar-refractivity contribution is 7.89. The van der Waals surface area contributed by atoms with Gasteiger partial charge >= 0.3 is 0 Å². The van der Waals surface area contributed by atoms with Gasteiger partial charge in [0.15, 0.2) is 0 Å². The molecule has 6 heteroatoms. The first-order chi connectivity index (χ1) is 6.83.